The molecule has 30 heavy (non-hydrogen) atoms. The van der Waals surface area contributed by atoms with E-state index in [2.05, 4.69) is 21.6 Å². The number of hydrogen-bond acceptors (Lipinski definition) is 6. The lowest BCUT2D eigenvalue weighted by molar-refractivity contribution is -0.113. The van der Waals surface area contributed by atoms with E-state index in [0.717, 1.165) is 28.3 Å². The highest BCUT2D eigenvalue weighted by molar-refractivity contribution is 7.99. The maximum Gasteiger partial charge on any atom is 0.234 e. The molecule has 0 aliphatic carbocycles. The number of nitrogens with zero attached hydrogens (tertiary/aromatic N) is 3. The Labute approximate surface area is 180 Å². The van der Waals surface area contributed by atoms with Crippen LogP contribution in [0.3, 0.4) is 0 Å². The van der Waals surface area contributed by atoms with Crippen molar-refractivity contribution in [1.29, 1.82) is 0 Å². The molecule has 1 N–H and O–H groups in total. The Morgan fingerprint density at radius 3 is 2.37 bits per heavy atom. The fourth-order valence-corrected chi connectivity index (χ4v) is 3.87. The molecule has 0 aliphatic heterocycles. The van der Waals surface area contributed by atoms with Crippen LogP contribution in [-0.4, -0.2) is 33.5 Å². The fourth-order valence-electron chi connectivity index (χ4n) is 3.04. The minimum atomic E-state index is -0.0771. The van der Waals surface area contributed by atoms with Gasteiger partial charge in [-0.1, -0.05) is 17.8 Å². The summed E-state index contributed by atoms with van der Waals surface area (Å²) in [5.74, 6) is 2.39. The minimum absolute atomic E-state index is 0.0771. The molecule has 1 heterocycles. The molecule has 0 saturated carbocycles. The number of benzene rings is 2. The average molecular weight is 427 g/mol. The van der Waals surface area contributed by atoms with Gasteiger partial charge in [-0.25, -0.2) is 0 Å². The molecule has 0 saturated heterocycles. The molecule has 3 aromatic rings. The third kappa shape index (κ3) is 5.76. The lowest BCUT2D eigenvalue weighted by Crippen LogP contribution is -2.15. The molecule has 0 bridgehead atoms. The Hall–Kier alpha value is -3.00. The fraction of sp³-hybridized carbons (Fsp3) is 0.318. The topological polar surface area (TPSA) is 78.3 Å². The lowest BCUT2D eigenvalue weighted by atomic mass is 10.1. The third-order valence-corrected chi connectivity index (χ3v) is 5.34. The summed E-state index contributed by atoms with van der Waals surface area (Å²) in [5, 5.41) is 12.1. The molecule has 0 aliphatic rings. The normalized spacial score (nSPS) is 10.7. The van der Waals surface area contributed by atoms with Gasteiger partial charge in [0.1, 0.15) is 18.1 Å². The standard InChI is InChI=1S/C22H26N4O3S/c1-5-26-20(13-29-19-8-6-18(28-4)7-9-19)24-25-22(26)30-14-21(27)23-17-11-15(2)10-16(3)12-17/h6-12H,5,13-14H2,1-4H3,(H,23,27). The third-order valence-electron chi connectivity index (χ3n) is 4.37. The second-order valence-corrected chi connectivity index (χ2v) is 7.76. The second-order valence-electron chi connectivity index (χ2n) is 6.82. The first kappa shape index (κ1) is 21.7. The monoisotopic (exact) mass is 426 g/mol. The number of thioether (sulfide) groups is 1. The molecule has 158 valence electrons. The predicted molar refractivity (Wildman–Crippen MR) is 118 cm³/mol. The zero-order valence-electron chi connectivity index (χ0n) is 17.6. The molecule has 0 radical (unpaired) electrons. The maximum atomic E-state index is 12.4. The summed E-state index contributed by atoms with van der Waals surface area (Å²) >= 11 is 1.36. The molecule has 0 spiro atoms. The molecule has 0 atom stereocenters. The van der Waals surface area contributed by atoms with Gasteiger partial charge in [-0.2, -0.15) is 0 Å². The summed E-state index contributed by atoms with van der Waals surface area (Å²) in [6.45, 7) is 7.02. The summed E-state index contributed by atoms with van der Waals surface area (Å²) in [4.78, 5) is 12.4. The predicted octanol–water partition coefficient (Wildman–Crippen LogP) is 4.23. The van der Waals surface area contributed by atoms with Crippen LogP contribution < -0.4 is 14.8 Å². The van der Waals surface area contributed by atoms with Gasteiger partial charge in [-0.15, -0.1) is 10.2 Å². The first-order valence-electron chi connectivity index (χ1n) is 9.68. The summed E-state index contributed by atoms with van der Waals surface area (Å²) in [5.41, 5.74) is 3.04. The van der Waals surface area contributed by atoms with E-state index < -0.39 is 0 Å². The van der Waals surface area contributed by atoms with Gasteiger partial charge in [-0.05, 0) is 68.3 Å². The second kappa shape index (κ2) is 10.2. The van der Waals surface area contributed by atoms with Crippen LogP contribution in [0.2, 0.25) is 0 Å². The molecular formula is C22H26N4O3S. The van der Waals surface area contributed by atoms with E-state index >= 15 is 0 Å². The molecule has 1 amide bonds. The van der Waals surface area contributed by atoms with E-state index in [1.54, 1.807) is 7.11 Å². The quantitative estimate of drug-likeness (QED) is 0.516. The number of amides is 1. The van der Waals surface area contributed by atoms with Crippen molar-refractivity contribution in [1.82, 2.24) is 14.8 Å². The van der Waals surface area contributed by atoms with E-state index in [0.29, 0.717) is 24.1 Å². The zero-order chi connectivity index (χ0) is 21.5. The van der Waals surface area contributed by atoms with Crippen LogP contribution in [-0.2, 0) is 17.9 Å². The Morgan fingerprint density at radius 2 is 1.73 bits per heavy atom. The summed E-state index contributed by atoms with van der Waals surface area (Å²) in [7, 11) is 1.63. The largest absolute Gasteiger partial charge is 0.497 e. The van der Waals surface area contributed by atoms with Crippen molar-refractivity contribution >= 4 is 23.4 Å². The van der Waals surface area contributed by atoms with Crippen LogP contribution in [0.25, 0.3) is 0 Å². The van der Waals surface area contributed by atoms with Crippen molar-refractivity contribution in [3.05, 3.63) is 59.4 Å². The van der Waals surface area contributed by atoms with Crippen molar-refractivity contribution < 1.29 is 14.3 Å². The summed E-state index contributed by atoms with van der Waals surface area (Å²) in [6.07, 6.45) is 0. The number of carbonyl (C=O) groups is 1. The number of anilines is 1. The average Bonchev–Trinajstić information content (AvgIpc) is 3.12. The minimum Gasteiger partial charge on any atom is -0.497 e. The van der Waals surface area contributed by atoms with E-state index in [1.165, 1.54) is 11.8 Å². The van der Waals surface area contributed by atoms with Gasteiger partial charge in [0, 0.05) is 12.2 Å². The van der Waals surface area contributed by atoms with Crippen LogP contribution in [0.15, 0.2) is 47.6 Å². The van der Waals surface area contributed by atoms with Gasteiger partial charge in [0.15, 0.2) is 11.0 Å². The first-order chi connectivity index (χ1) is 14.5. The van der Waals surface area contributed by atoms with Crippen LogP contribution in [0, 0.1) is 13.8 Å². The number of ether oxygens (including phenoxy) is 2. The van der Waals surface area contributed by atoms with Crippen molar-refractivity contribution in [3.8, 4) is 11.5 Å². The van der Waals surface area contributed by atoms with E-state index in [4.69, 9.17) is 9.47 Å². The molecule has 2 aromatic carbocycles. The van der Waals surface area contributed by atoms with Crippen molar-refractivity contribution in [3.63, 3.8) is 0 Å². The van der Waals surface area contributed by atoms with Crippen LogP contribution in [0.1, 0.15) is 23.9 Å². The highest BCUT2D eigenvalue weighted by atomic mass is 32.2. The van der Waals surface area contributed by atoms with Gasteiger partial charge < -0.3 is 19.4 Å². The Morgan fingerprint density at radius 1 is 1.07 bits per heavy atom. The molecule has 8 heteroatoms. The zero-order valence-corrected chi connectivity index (χ0v) is 18.5. The lowest BCUT2D eigenvalue weighted by Gasteiger charge is -2.10. The van der Waals surface area contributed by atoms with Crippen LogP contribution in [0.5, 0.6) is 11.5 Å². The van der Waals surface area contributed by atoms with Gasteiger partial charge in [-0.3, -0.25) is 4.79 Å². The number of aromatic nitrogens is 3. The number of methoxy groups -OCH3 is 1. The van der Waals surface area contributed by atoms with Crippen LogP contribution in [0.4, 0.5) is 5.69 Å². The SMILES string of the molecule is CCn1c(COc2ccc(OC)cc2)nnc1SCC(=O)Nc1cc(C)cc(C)c1. The smallest absolute Gasteiger partial charge is 0.234 e. The van der Waals surface area contributed by atoms with Crippen molar-refractivity contribution in [2.45, 2.75) is 39.1 Å². The van der Waals surface area contributed by atoms with E-state index in [-0.39, 0.29) is 11.7 Å². The number of rotatable bonds is 9. The summed E-state index contributed by atoms with van der Waals surface area (Å²) < 4.78 is 12.9. The molecule has 0 unspecified atom stereocenters. The molecular weight excluding hydrogens is 400 g/mol. The Kier molecular flexibility index (Phi) is 7.35. The molecule has 1 aromatic heterocycles. The maximum absolute atomic E-state index is 12.4. The Balaban J connectivity index is 1.57. The number of aryl methyl sites for hydroxylation is 2. The van der Waals surface area contributed by atoms with Gasteiger partial charge in [0.05, 0.1) is 12.9 Å². The van der Waals surface area contributed by atoms with E-state index in [1.807, 2.05) is 61.7 Å². The highest BCUT2D eigenvalue weighted by Gasteiger charge is 2.14. The van der Waals surface area contributed by atoms with Crippen molar-refractivity contribution in [2.75, 3.05) is 18.2 Å². The van der Waals surface area contributed by atoms with Gasteiger partial charge in [0.25, 0.3) is 0 Å². The number of hydrogen-bond donors (Lipinski definition) is 1. The summed E-state index contributed by atoms with van der Waals surface area (Å²) in [6, 6.07) is 13.4. The van der Waals surface area contributed by atoms with Crippen molar-refractivity contribution in [2.24, 2.45) is 0 Å². The van der Waals surface area contributed by atoms with E-state index in [9.17, 15) is 4.79 Å². The molecule has 0 fully saturated rings. The van der Waals surface area contributed by atoms with Crippen LogP contribution >= 0.6 is 11.8 Å². The highest BCUT2D eigenvalue weighted by Crippen LogP contribution is 2.21. The first-order valence-corrected chi connectivity index (χ1v) is 10.7. The Bertz CT molecular complexity index is 982. The number of nitrogens with one attached hydrogen (secondary N) is 1. The molecule has 3 rings (SSSR count). The number of carbonyl (C=O) groups excluding carboxylic acids is 1. The molecule has 7 nitrogen and oxygen atoms in total. The van der Waals surface area contributed by atoms with Gasteiger partial charge >= 0.3 is 0 Å². The van der Waals surface area contributed by atoms with Gasteiger partial charge in [0.2, 0.25) is 5.91 Å².